The van der Waals surface area contributed by atoms with Crippen LogP contribution in [-0.2, 0) is 0 Å². The second-order valence-electron chi connectivity index (χ2n) is 3.29. The van der Waals surface area contributed by atoms with E-state index < -0.39 is 0 Å². The predicted molar refractivity (Wildman–Crippen MR) is 65.6 cm³/mol. The van der Waals surface area contributed by atoms with Crippen LogP contribution in [0.15, 0.2) is 52.3 Å². The van der Waals surface area contributed by atoms with Gasteiger partial charge in [-0.1, -0.05) is 35.5 Å². The fourth-order valence-corrected chi connectivity index (χ4v) is 2.26. The molecule has 2 rings (SSSR count). The zero-order valence-electron chi connectivity index (χ0n) is 8.33. The highest BCUT2D eigenvalue weighted by Crippen LogP contribution is 2.28. The quantitative estimate of drug-likeness (QED) is 0.731. The average molecular weight is 234 g/mol. The smallest absolute Gasteiger partial charge is 0.0406 e. The molecular formula is C13H10ClS. The molecule has 2 aromatic carbocycles. The highest BCUT2D eigenvalue weighted by Gasteiger charge is 1.97. The molecule has 0 saturated heterocycles. The van der Waals surface area contributed by atoms with Crippen molar-refractivity contribution >= 4 is 23.4 Å². The first-order chi connectivity index (χ1) is 7.24. The Labute approximate surface area is 99.3 Å². The molecule has 0 atom stereocenters. The van der Waals surface area contributed by atoms with Crippen LogP contribution in [0, 0.1) is 13.0 Å². The van der Waals surface area contributed by atoms with Crippen molar-refractivity contribution in [3.05, 3.63) is 59.1 Å². The van der Waals surface area contributed by atoms with Gasteiger partial charge in [0.1, 0.15) is 0 Å². The van der Waals surface area contributed by atoms with E-state index in [4.69, 9.17) is 11.6 Å². The van der Waals surface area contributed by atoms with E-state index in [0.717, 1.165) is 9.92 Å². The highest BCUT2D eigenvalue weighted by atomic mass is 35.5. The van der Waals surface area contributed by atoms with Crippen molar-refractivity contribution in [2.75, 3.05) is 0 Å². The molecule has 0 heterocycles. The van der Waals surface area contributed by atoms with Gasteiger partial charge in [-0.25, -0.2) is 0 Å². The van der Waals surface area contributed by atoms with Crippen LogP contribution >= 0.6 is 23.4 Å². The van der Waals surface area contributed by atoms with Crippen LogP contribution in [-0.4, -0.2) is 0 Å². The Morgan fingerprint density at radius 1 is 1.13 bits per heavy atom. The summed E-state index contributed by atoms with van der Waals surface area (Å²) in [6, 6.07) is 17.2. The van der Waals surface area contributed by atoms with E-state index in [1.807, 2.05) is 36.4 Å². The monoisotopic (exact) mass is 233 g/mol. The largest absolute Gasteiger partial charge is 0.0894 e. The number of hydrogen-bond donors (Lipinski definition) is 0. The molecular weight excluding hydrogens is 224 g/mol. The third-order valence-electron chi connectivity index (χ3n) is 1.97. The summed E-state index contributed by atoms with van der Waals surface area (Å²) in [7, 11) is 0. The van der Waals surface area contributed by atoms with Gasteiger partial charge in [0.25, 0.3) is 0 Å². The number of rotatable bonds is 2. The summed E-state index contributed by atoms with van der Waals surface area (Å²) in [4.78, 5) is 2.32. The van der Waals surface area contributed by atoms with Crippen LogP contribution in [0.4, 0.5) is 0 Å². The molecule has 0 aliphatic heterocycles. The fourth-order valence-electron chi connectivity index (χ4n) is 1.24. The topological polar surface area (TPSA) is 0 Å². The number of benzene rings is 2. The molecule has 15 heavy (non-hydrogen) atoms. The molecule has 0 nitrogen and oxygen atoms in total. The van der Waals surface area contributed by atoms with Crippen molar-refractivity contribution in [1.29, 1.82) is 0 Å². The van der Waals surface area contributed by atoms with Gasteiger partial charge >= 0.3 is 0 Å². The highest BCUT2D eigenvalue weighted by molar-refractivity contribution is 7.99. The Morgan fingerprint density at radius 2 is 1.87 bits per heavy atom. The zero-order valence-corrected chi connectivity index (χ0v) is 9.90. The molecule has 0 N–H and O–H groups in total. The van der Waals surface area contributed by atoms with Gasteiger partial charge in [-0.05, 0) is 48.9 Å². The Bertz CT molecular complexity index is 448. The van der Waals surface area contributed by atoms with Gasteiger partial charge in [0.05, 0.1) is 0 Å². The molecule has 0 fully saturated rings. The average Bonchev–Trinajstić information content (AvgIpc) is 2.22. The number of aryl methyl sites for hydroxylation is 1. The second kappa shape index (κ2) is 4.73. The first kappa shape index (κ1) is 10.6. The Morgan fingerprint density at radius 3 is 2.53 bits per heavy atom. The summed E-state index contributed by atoms with van der Waals surface area (Å²) in [6.07, 6.45) is 0. The minimum atomic E-state index is 0.771. The van der Waals surface area contributed by atoms with Crippen molar-refractivity contribution in [3.63, 3.8) is 0 Å². The van der Waals surface area contributed by atoms with Crippen molar-refractivity contribution in [2.24, 2.45) is 0 Å². The molecule has 0 amide bonds. The lowest BCUT2D eigenvalue weighted by Gasteiger charge is -2.02. The van der Waals surface area contributed by atoms with Gasteiger partial charge in [0.15, 0.2) is 0 Å². The minimum absolute atomic E-state index is 0.771. The Hall–Kier alpha value is -0.920. The van der Waals surface area contributed by atoms with Gasteiger partial charge in [0.2, 0.25) is 0 Å². The van der Waals surface area contributed by atoms with E-state index in [1.54, 1.807) is 11.8 Å². The van der Waals surface area contributed by atoms with Gasteiger partial charge in [-0.2, -0.15) is 0 Å². The summed E-state index contributed by atoms with van der Waals surface area (Å²) < 4.78 is 0. The lowest BCUT2D eigenvalue weighted by atomic mass is 10.2. The molecule has 1 radical (unpaired) electrons. The van der Waals surface area contributed by atoms with E-state index in [0.29, 0.717) is 0 Å². The molecule has 0 aromatic heterocycles. The maximum Gasteiger partial charge on any atom is 0.0406 e. The minimum Gasteiger partial charge on any atom is -0.0894 e. The van der Waals surface area contributed by atoms with Gasteiger partial charge < -0.3 is 0 Å². The molecule has 0 aliphatic rings. The van der Waals surface area contributed by atoms with Crippen molar-refractivity contribution in [1.82, 2.24) is 0 Å². The van der Waals surface area contributed by atoms with Gasteiger partial charge in [-0.3, -0.25) is 0 Å². The molecule has 75 valence electrons. The SMILES string of the molecule is Cc1cc[c]c(Sc2ccc(Cl)cc2)c1. The van der Waals surface area contributed by atoms with Crippen LogP contribution in [0.2, 0.25) is 5.02 Å². The van der Waals surface area contributed by atoms with Crippen LogP contribution in [0.5, 0.6) is 0 Å². The molecule has 0 unspecified atom stereocenters. The molecule has 0 spiro atoms. The van der Waals surface area contributed by atoms with Crippen LogP contribution < -0.4 is 0 Å². The third kappa shape index (κ3) is 3.01. The predicted octanol–water partition coefficient (Wildman–Crippen LogP) is 4.60. The molecule has 2 aromatic rings. The van der Waals surface area contributed by atoms with Gasteiger partial charge in [0, 0.05) is 14.8 Å². The van der Waals surface area contributed by atoms with E-state index in [2.05, 4.69) is 19.1 Å². The van der Waals surface area contributed by atoms with Crippen LogP contribution in [0.1, 0.15) is 5.56 Å². The zero-order chi connectivity index (χ0) is 10.7. The Kier molecular flexibility index (Phi) is 3.34. The second-order valence-corrected chi connectivity index (χ2v) is 4.84. The van der Waals surface area contributed by atoms with Crippen LogP contribution in [0.3, 0.4) is 0 Å². The van der Waals surface area contributed by atoms with E-state index in [1.165, 1.54) is 10.5 Å². The molecule has 2 heteroatoms. The summed E-state index contributed by atoms with van der Waals surface area (Å²) in [6.45, 7) is 2.08. The van der Waals surface area contributed by atoms with Crippen molar-refractivity contribution in [2.45, 2.75) is 16.7 Å². The summed E-state index contributed by atoms with van der Waals surface area (Å²) >= 11 is 7.52. The first-order valence-electron chi connectivity index (χ1n) is 4.66. The normalized spacial score (nSPS) is 10.3. The summed E-state index contributed by atoms with van der Waals surface area (Å²) in [5, 5.41) is 0.771. The standard InChI is InChI=1S/C13H10ClS/c1-10-3-2-4-13(9-10)15-12-7-5-11(14)6-8-12/h2-3,5-9H,1H3. The Balaban J connectivity index is 2.18. The number of halogens is 1. The molecule has 0 bridgehead atoms. The van der Waals surface area contributed by atoms with E-state index in [-0.39, 0.29) is 0 Å². The van der Waals surface area contributed by atoms with E-state index >= 15 is 0 Å². The lowest BCUT2D eigenvalue weighted by molar-refractivity contribution is 1.34. The number of hydrogen-bond acceptors (Lipinski definition) is 1. The maximum atomic E-state index is 5.82. The fraction of sp³-hybridized carbons (Fsp3) is 0.0769. The van der Waals surface area contributed by atoms with Crippen LogP contribution in [0.25, 0.3) is 0 Å². The maximum absolute atomic E-state index is 5.82. The molecule has 0 saturated carbocycles. The van der Waals surface area contributed by atoms with Gasteiger partial charge in [-0.15, -0.1) is 0 Å². The summed E-state index contributed by atoms with van der Waals surface area (Å²) in [5.41, 5.74) is 1.25. The summed E-state index contributed by atoms with van der Waals surface area (Å²) in [5.74, 6) is 0. The van der Waals surface area contributed by atoms with E-state index in [9.17, 15) is 0 Å². The van der Waals surface area contributed by atoms with Crippen molar-refractivity contribution < 1.29 is 0 Å². The first-order valence-corrected chi connectivity index (χ1v) is 5.85. The molecule has 0 aliphatic carbocycles. The third-order valence-corrected chi connectivity index (χ3v) is 3.19. The van der Waals surface area contributed by atoms with Crippen molar-refractivity contribution in [3.8, 4) is 0 Å². The lowest BCUT2D eigenvalue weighted by Crippen LogP contribution is -1.76.